The van der Waals surface area contributed by atoms with Gasteiger partial charge < -0.3 is 0 Å². The molecule has 0 radical (unpaired) electrons. The average molecular weight is 214 g/mol. The van der Waals surface area contributed by atoms with Gasteiger partial charge in [0.15, 0.2) is 0 Å². The Morgan fingerprint density at radius 1 is 0.917 bits per heavy atom. The smallest absolute Gasteiger partial charge is 0.287 e. The molecule has 6 heteroatoms. The molecule has 0 spiro atoms. The zero-order chi connectivity index (χ0) is 8.74. The summed E-state index contributed by atoms with van der Waals surface area (Å²) in [5.41, 5.74) is 0. The third kappa shape index (κ3) is 5.91. The first-order chi connectivity index (χ1) is 5.18. The van der Waals surface area contributed by atoms with Gasteiger partial charge in [-0.1, -0.05) is 0 Å². The number of phosphoric ester groups is 1. The van der Waals surface area contributed by atoms with Gasteiger partial charge >= 0.3 is 7.82 Å². The molecule has 76 valence electrons. The van der Waals surface area contributed by atoms with Crippen LogP contribution in [0, 0.1) is 0 Å². The summed E-state index contributed by atoms with van der Waals surface area (Å²) in [5, 5.41) is 0. The molecule has 0 aromatic rings. The minimum atomic E-state index is -3.22. The molecule has 0 aliphatic heterocycles. The van der Waals surface area contributed by atoms with E-state index in [4.69, 9.17) is 13.6 Å². The molecule has 0 fully saturated rings. The van der Waals surface area contributed by atoms with Gasteiger partial charge in [0.2, 0.25) is 0 Å². The lowest BCUT2D eigenvalue weighted by atomic mass is 10.9. The molecule has 0 atom stereocenters. The monoisotopic (exact) mass is 214 g/mol. The molecule has 4 nitrogen and oxygen atoms in total. The predicted octanol–water partition coefficient (Wildman–Crippen LogP) is 0.752. The standard InChI is InChI=1S/C6H15O4P.H4Si/c1-4-8-11(7,9-5-2)10-6-3;/h4-6H2,1-3H3;1H4. The third-order valence-electron chi connectivity index (χ3n) is 0.862. The fourth-order valence-corrected chi connectivity index (χ4v) is 1.76. The average Bonchev–Trinajstić information content (AvgIpc) is 1.88. The molecule has 0 rings (SSSR count). The molecular weight excluding hydrogens is 195 g/mol. The summed E-state index contributed by atoms with van der Waals surface area (Å²) in [7, 11) is -3.22. The molecule has 0 amide bonds. The fourth-order valence-electron chi connectivity index (χ4n) is 0.586. The number of phosphoric acid groups is 1. The third-order valence-corrected chi connectivity index (χ3v) is 2.58. The number of rotatable bonds is 6. The van der Waals surface area contributed by atoms with Crippen LogP contribution in [0.4, 0.5) is 0 Å². The molecule has 0 aromatic carbocycles. The van der Waals surface area contributed by atoms with E-state index in [0.29, 0.717) is 19.8 Å². The van der Waals surface area contributed by atoms with Crippen LogP contribution in [-0.2, 0) is 18.1 Å². The summed E-state index contributed by atoms with van der Waals surface area (Å²) in [6, 6.07) is 0. The molecule has 0 unspecified atom stereocenters. The highest BCUT2D eigenvalue weighted by atomic mass is 31.2. The zero-order valence-electron chi connectivity index (χ0n) is 7.20. The second kappa shape index (κ2) is 7.95. The topological polar surface area (TPSA) is 44.8 Å². The highest BCUT2D eigenvalue weighted by Gasteiger charge is 2.23. The lowest BCUT2D eigenvalue weighted by molar-refractivity contribution is 0.126. The van der Waals surface area contributed by atoms with E-state index in [0.717, 1.165) is 0 Å². The summed E-state index contributed by atoms with van der Waals surface area (Å²) in [4.78, 5) is 0. The molecule has 0 N–H and O–H groups in total. The van der Waals surface area contributed by atoms with Crippen molar-refractivity contribution in [1.29, 1.82) is 0 Å². The lowest BCUT2D eigenvalue weighted by Gasteiger charge is -2.14. The summed E-state index contributed by atoms with van der Waals surface area (Å²) in [6.07, 6.45) is 0. The second-order valence-corrected chi connectivity index (χ2v) is 3.37. The summed E-state index contributed by atoms with van der Waals surface area (Å²) < 4.78 is 25.8. The predicted molar refractivity (Wildman–Crippen MR) is 53.8 cm³/mol. The minimum Gasteiger partial charge on any atom is -0.287 e. The van der Waals surface area contributed by atoms with Crippen molar-refractivity contribution in [2.24, 2.45) is 0 Å². The van der Waals surface area contributed by atoms with Crippen LogP contribution in [0.25, 0.3) is 0 Å². The minimum absolute atomic E-state index is 0. The Hall–Kier alpha value is 0.327. The first-order valence-corrected chi connectivity index (χ1v) is 5.18. The first kappa shape index (κ1) is 14.8. The molecule has 0 aliphatic rings. The number of hydrogen-bond donors (Lipinski definition) is 0. The molecule has 12 heavy (non-hydrogen) atoms. The van der Waals surface area contributed by atoms with E-state index in [1.165, 1.54) is 0 Å². The normalized spacial score (nSPS) is 10.9. The van der Waals surface area contributed by atoms with Crippen LogP contribution < -0.4 is 0 Å². The Morgan fingerprint density at radius 2 is 1.17 bits per heavy atom. The van der Waals surface area contributed by atoms with Crippen molar-refractivity contribution in [3.63, 3.8) is 0 Å². The molecule has 0 saturated carbocycles. The molecule has 0 aromatic heterocycles. The van der Waals surface area contributed by atoms with Crippen molar-refractivity contribution in [2.75, 3.05) is 19.8 Å². The highest BCUT2D eigenvalue weighted by molar-refractivity contribution is 7.48. The van der Waals surface area contributed by atoms with Gasteiger partial charge in [0.1, 0.15) is 0 Å². The maximum atomic E-state index is 11.3. The first-order valence-electron chi connectivity index (χ1n) is 3.72. The largest absolute Gasteiger partial charge is 0.474 e. The molecule has 0 heterocycles. The van der Waals surface area contributed by atoms with Crippen molar-refractivity contribution in [3.05, 3.63) is 0 Å². The summed E-state index contributed by atoms with van der Waals surface area (Å²) >= 11 is 0. The molecular formula is C6H19O4PSi. The van der Waals surface area contributed by atoms with Crippen LogP contribution in [0.5, 0.6) is 0 Å². The SMILES string of the molecule is CCOP(=O)(OCC)OCC.[SiH4]. The van der Waals surface area contributed by atoms with Crippen molar-refractivity contribution >= 4 is 18.8 Å². The molecule has 0 bridgehead atoms. The van der Waals surface area contributed by atoms with Gasteiger partial charge in [-0.2, -0.15) is 0 Å². The van der Waals surface area contributed by atoms with Gasteiger partial charge in [-0.3, -0.25) is 13.6 Å². The number of hydrogen-bond acceptors (Lipinski definition) is 4. The summed E-state index contributed by atoms with van der Waals surface area (Å²) in [6.45, 7) is 6.21. The van der Waals surface area contributed by atoms with Crippen molar-refractivity contribution in [2.45, 2.75) is 20.8 Å². The van der Waals surface area contributed by atoms with Gasteiger partial charge in [-0.15, -0.1) is 0 Å². The van der Waals surface area contributed by atoms with Crippen LogP contribution >= 0.6 is 7.82 Å². The quantitative estimate of drug-likeness (QED) is 0.483. The van der Waals surface area contributed by atoms with Gasteiger partial charge in [0.05, 0.1) is 19.8 Å². The van der Waals surface area contributed by atoms with Crippen molar-refractivity contribution < 1.29 is 18.1 Å². The Balaban J connectivity index is 0. The van der Waals surface area contributed by atoms with E-state index < -0.39 is 7.82 Å². The van der Waals surface area contributed by atoms with Gasteiger partial charge in [-0.25, -0.2) is 4.57 Å². The van der Waals surface area contributed by atoms with Crippen LogP contribution in [0.15, 0.2) is 0 Å². The zero-order valence-corrected chi connectivity index (χ0v) is 8.10. The van der Waals surface area contributed by atoms with Gasteiger partial charge in [-0.05, 0) is 31.7 Å². The van der Waals surface area contributed by atoms with E-state index in [9.17, 15) is 4.57 Å². The van der Waals surface area contributed by atoms with Crippen LogP contribution in [0.1, 0.15) is 20.8 Å². The van der Waals surface area contributed by atoms with Crippen LogP contribution in [0.3, 0.4) is 0 Å². The van der Waals surface area contributed by atoms with E-state index in [1.54, 1.807) is 20.8 Å². The lowest BCUT2D eigenvalue weighted by Crippen LogP contribution is -1.99. The molecule has 0 aliphatic carbocycles. The van der Waals surface area contributed by atoms with Gasteiger partial charge in [0, 0.05) is 0 Å². The second-order valence-electron chi connectivity index (χ2n) is 1.70. The van der Waals surface area contributed by atoms with Crippen LogP contribution in [-0.4, -0.2) is 30.8 Å². The maximum absolute atomic E-state index is 11.3. The Morgan fingerprint density at radius 3 is 1.33 bits per heavy atom. The van der Waals surface area contributed by atoms with Crippen molar-refractivity contribution in [1.82, 2.24) is 0 Å². The Labute approximate surface area is 78.2 Å². The van der Waals surface area contributed by atoms with E-state index in [-0.39, 0.29) is 11.0 Å². The maximum Gasteiger partial charge on any atom is 0.474 e. The van der Waals surface area contributed by atoms with Crippen LogP contribution in [0.2, 0.25) is 0 Å². The Bertz CT molecular complexity index is 118. The van der Waals surface area contributed by atoms with Crippen molar-refractivity contribution in [3.8, 4) is 0 Å². The van der Waals surface area contributed by atoms with E-state index in [1.807, 2.05) is 0 Å². The Kier molecular flexibility index (Phi) is 9.82. The molecule has 0 saturated heterocycles. The summed E-state index contributed by atoms with van der Waals surface area (Å²) in [5.74, 6) is 0. The van der Waals surface area contributed by atoms with E-state index in [2.05, 4.69) is 0 Å². The highest BCUT2D eigenvalue weighted by Crippen LogP contribution is 2.48. The van der Waals surface area contributed by atoms with E-state index >= 15 is 0 Å². The fraction of sp³-hybridized carbons (Fsp3) is 1.00. The van der Waals surface area contributed by atoms with Gasteiger partial charge in [0.25, 0.3) is 0 Å².